The molecular formula is C25H23N3O2S. The van der Waals surface area contributed by atoms with Gasteiger partial charge in [0.2, 0.25) is 0 Å². The summed E-state index contributed by atoms with van der Waals surface area (Å²) < 4.78 is 2.11. The summed E-state index contributed by atoms with van der Waals surface area (Å²) in [6.45, 7) is 7.97. The molecule has 0 bridgehead atoms. The molecule has 2 heterocycles. The number of anilines is 1. The summed E-state index contributed by atoms with van der Waals surface area (Å²) >= 11 is 5.29. The van der Waals surface area contributed by atoms with Crippen LogP contribution >= 0.6 is 12.2 Å². The lowest BCUT2D eigenvalue weighted by atomic mass is 10.1. The van der Waals surface area contributed by atoms with E-state index in [1.807, 2.05) is 52.0 Å². The summed E-state index contributed by atoms with van der Waals surface area (Å²) in [6.07, 6.45) is 1.65. The normalized spacial score (nSPS) is 15.5. The van der Waals surface area contributed by atoms with Gasteiger partial charge in [-0.15, -0.1) is 0 Å². The van der Waals surface area contributed by atoms with Gasteiger partial charge in [-0.1, -0.05) is 29.8 Å². The van der Waals surface area contributed by atoms with Crippen molar-refractivity contribution in [2.45, 2.75) is 27.7 Å². The largest absolute Gasteiger partial charge is 0.318 e. The molecule has 3 aromatic rings. The molecule has 0 saturated carbocycles. The fourth-order valence-corrected chi connectivity index (χ4v) is 4.12. The van der Waals surface area contributed by atoms with Crippen LogP contribution < -0.4 is 10.2 Å². The number of aryl methyl sites for hydroxylation is 3. The van der Waals surface area contributed by atoms with Crippen LogP contribution in [0.3, 0.4) is 0 Å². The van der Waals surface area contributed by atoms with Crippen LogP contribution in [0.15, 0.2) is 60.2 Å². The van der Waals surface area contributed by atoms with Gasteiger partial charge in [-0.05, 0) is 87.4 Å². The fraction of sp³-hybridized carbons (Fsp3) is 0.160. The number of hydrogen-bond acceptors (Lipinski definition) is 3. The summed E-state index contributed by atoms with van der Waals surface area (Å²) in [6, 6.07) is 17.7. The minimum absolute atomic E-state index is 0.0549. The standard InChI is InChI=1S/C25H23N3O2S/c1-15-8-10-20(11-9-15)27-17(3)13-19(18(27)4)14-22-23(29)26-25(31)28(24(22)30)21-7-5-6-16(2)12-21/h5-14H,1-4H3,(H,26,29,31)/b22-14-. The lowest BCUT2D eigenvalue weighted by Crippen LogP contribution is -2.54. The lowest BCUT2D eigenvalue weighted by molar-refractivity contribution is -0.122. The van der Waals surface area contributed by atoms with E-state index in [-0.39, 0.29) is 10.7 Å². The molecule has 1 aromatic heterocycles. The van der Waals surface area contributed by atoms with E-state index >= 15 is 0 Å². The molecule has 0 radical (unpaired) electrons. The molecule has 6 heteroatoms. The first-order valence-electron chi connectivity index (χ1n) is 10.0. The topological polar surface area (TPSA) is 54.3 Å². The van der Waals surface area contributed by atoms with E-state index in [1.54, 1.807) is 12.1 Å². The van der Waals surface area contributed by atoms with Gasteiger partial charge in [-0.3, -0.25) is 19.8 Å². The number of thiocarbonyl (C=S) groups is 1. The van der Waals surface area contributed by atoms with Gasteiger partial charge in [-0.2, -0.15) is 0 Å². The molecule has 5 nitrogen and oxygen atoms in total. The number of carbonyl (C=O) groups excluding carboxylic acids is 2. The van der Waals surface area contributed by atoms with Crippen molar-refractivity contribution >= 4 is 40.9 Å². The van der Waals surface area contributed by atoms with Gasteiger partial charge in [0, 0.05) is 17.1 Å². The van der Waals surface area contributed by atoms with Crippen molar-refractivity contribution in [1.29, 1.82) is 0 Å². The van der Waals surface area contributed by atoms with Crippen LogP contribution in [0.5, 0.6) is 0 Å². The average molecular weight is 430 g/mol. The Bertz CT molecular complexity index is 1250. The van der Waals surface area contributed by atoms with Crippen molar-refractivity contribution < 1.29 is 9.59 Å². The molecule has 1 saturated heterocycles. The number of nitrogens with one attached hydrogen (secondary N) is 1. The van der Waals surface area contributed by atoms with Gasteiger partial charge in [0.05, 0.1) is 5.69 Å². The van der Waals surface area contributed by atoms with E-state index in [4.69, 9.17) is 12.2 Å². The van der Waals surface area contributed by atoms with Crippen molar-refractivity contribution in [1.82, 2.24) is 9.88 Å². The van der Waals surface area contributed by atoms with Crippen LogP contribution in [0.1, 0.15) is 28.1 Å². The summed E-state index contributed by atoms with van der Waals surface area (Å²) in [7, 11) is 0. The first-order chi connectivity index (χ1) is 14.8. The van der Waals surface area contributed by atoms with Gasteiger partial charge < -0.3 is 4.57 Å². The molecule has 1 fully saturated rings. The van der Waals surface area contributed by atoms with Crippen molar-refractivity contribution in [2.24, 2.45) is 0 Å². The third-order valence-electron chi connectivity index (χ3n) is 5.42. The number of amides is 2. The number of rotatable bonds is 3. The SMILES string of the molecule is Cc1ccc(-n2c(C)cc(/C=C3/C(=O)NC(=S)N(c4cccc(C)c4)C3=O)c2C)cc1. The fourth-order valence-electron chi connectivity index (χ4n) is 3.84. The highest BCUT2D eigenvalue weighted by molar-refractivity contribution is 7.80. The van der Waals surface area contributed by atoms with Crippen LogP contribution in [-0.4, -0.2) is 21.5 Å². The maximum atomic E-state index is 13.3. The predicted octanol–water partition coefficient (Wildman–Crippen LogP) is 4.54. The van der Waals surface area contributed by atoms with E-state index < -0.39 is 11.8 Å². The van der Waals surface area contributed by atoms with E-state index in [2.05, 4.69) is 34.1 Å². The lowest BCUT2D eigenvalue weighted by Gasteiger charge is -2.29. The second kappa shape index (κ2) is 7.96. The Balaban J connectivity index is 1.76. The summed E-state index contributed by atoms with van der Waals surface area (Å²) in [4.78, 5) is 27.3. The molecule has 2 amide bonds. The van der Waals surface area contributed by atoms with E-state index in [0.29, 0.717) is 5.69 Å². The first kappa shape index (κ1) is 20.8. The number of hydrogen-bond donors (Lipinski definition) is 1. The molecular weight excluding hydrogens is 406 g/mol. The van der Waals surface area contributed by atoms with Gasteiger partial charge in [0.25, 0.3) is 11.8 Å². The average Bonchev–Trinajstić information content (AvgIpc) is 2.99. The molecule has 4 rings (SSSR count). The minimum Gasteiger partial charge on any atom is -0.318 e. The quantitative estimate of drug-likeness (QED) is 0.378. The number of aromatic nitrogens is 1. The van der Waals surface area contributed by atoms with Crippen LogP contribution in [0, 0.1) is 27.7 Å². The first-order valence-corrected chi connectivity index (χ1v) is 10.4. The molecule has 0 spiro atoms. The zero-order valence-corrected chi connectivity index (χ0v) is 18.7. The molecule has 0 atom stereocenters. The molecule has 156 valence electrons. The van der Waals surface area contributed by atoms with Crippen molar-refractivity contribution in [3.05, 3.63) is 88.2 Å². The highest BCUT2D eigenvalue weighted by atomic mass is 32.1. The van der Waals surface area contributed by atoms with Crippen LogP contribution in [0.4, 0.5) is 5.69 Å². The zero-order valence-electron chi connectivity index (χ0n) is 17.9. The Kier molecular flexibility index (Phi) is 5.33. The van der Waals surface area contributed by atoms with Crippen molar-refractivity contribution in [3.8, 4) is 5.69 Å². The van der Waals surface area contributed by atoms with E-state index in [9.17, 15) is 9.59 Å². The third kappa shape index (κ3) is 3.82. The summed E-state index contributed by atoms with van der Waals surface area (Å²) in [5, 5.41) is 2.74. The van der Waals surface area contributed by atoms with Gasteiger partial charge in [0.1, 0.15) is 5.57 Å². The molecule has 0 unspecified atom stereocenters. The molecule has 2 aromatic carbocycles. The molecule has 1 N–H and O–H groups in total. The summed E-state index contributed by atoms with van der Waals surface area (Å²) in [5.41, 5.74) is 6.68. The monoisotopic (exact) mass is 429 g/mol. The van der Waals surface area contributed by atoms with Crippen LogP contribution in [0.2, 0.25) is 0 Å². The van der Waals surface area contributed by atoms with Crippen LogP contribution in [0.25, 0.3) is 11.8 Å². The number of nitrogens with zero attached hydrogens (tertiary/aromatic N) is 2. The second-order valence-electron chi connectivity index (χ2n) is 7.79. The Hall–Kier alpha value is -3.51. The van der Waals surface area contributed by atoms with Crippen molar-refractivity contribution in [2.75, 3.05) is 4.90 Å². The predicted molar refractivity (Wildman–Crippen MR) is 127 cm³/mol. The summed E-state index contributed by atoms with van der Waals surface area (Å²) in [5.74, 6) is -0.918. The number of carbonyl (C=O) groups is 2. The van der Waals surface area contributed by atoms with Crippen molar-refractivity contribution in [3.63, 3.8) is 0 Å². The molecule has 1 aliphatic heterocycles. The molecule has 0 aliphatic carbocycles. The van der Waals surface area contributed by atoms with Crippen LogP contribution in [-0.2, 0) is 9.59 Å². The molecule has 1 aliphatic rings. The Morgan fingerprint density at radius 2 is 1.58 bits per heavy atom. The Morgan fingerprint density at radius 3 is 2.26 bits per heavy atom. The van der Waals surface area contributed by atoms with E-state index in [0.717, 1.165) is 28.2 Å². The zero-order chi connectivity index (χ0) is 22.3. The third-order valence-corrected chi connectivity index (χ3v) is 5.71. The van der Waals surface area contributed by atoms with Gasteiger partial charge in [-0.25, -0.2) is 0 Å². The van der Waals surface area contributed by atoms with Gasteiger partial charge >= 0.3 is 0 Å². The molecule has 31 heavy (non-hydrogen) atoms. The highest BCUT2D eigenvalue weighted by Crippen LogP contribution is 2.26. The highest BCUT2D eigenvalue weighted by Gasteiger charge is 2.34. The smallest absolute Gasteiger partial charge is 0.270 e. The minimum atomic E-state index is -0.487. The Labute approximate surface area is 187 Å². The van der Waals surface area contributed by atoms with Gasteiger partial charge in [0.15, 0.2) is 5.11 Å². The maximum absolute atomic E-state index is 13.3. The Morgan fingerprint density at radius 1 is 0.871 bits per heavy atom. The second-order valence-corrected chi connectivity index (χ2v) is 8.18. The number of benzene rings is 2. The van der Waals surface area contributed by atoms with E-state index in [1.165, 1.54) is 10.5 Å². The maximum Gasteiger partial charge on any atom is 0.270 e.